The van der Waals surface area contributed by atoms with Crippen molar-refractivity contribution >= 4 is 23.4 Å². The van der Waals surface area contributed by atoms with E-state index < -0.39 is 35.9 Å². The van der Waals surface area contributed by atoms with Crippen molar-refractivity contribution < 1.29 is 23.9 Å². The molecule has 1 saturated heterocycles. The monoisotopic (exact) mass is 379 g/mol. The molecule has 1 fully saturated rings. The van der Waals surface area contributed by atoms with Crippen LogP contribution in [-0.4, -0.2) is 38.0 Å². The number of carbonyl (C=O) groups is 3. The van der Waals surface area contributed by atoms with Gasteiger partial charge in [-0.05, 0) is 30.2 Å². The van der Waals surface area contributed by atoms with E-state index in [1.165, 1.54) is 14.2 Å². The summed E-state index contributed by atoms with van der Waals surface area (Å²) in [6, 6.07) is 13.6. The van der Waals surface area contributed by atoms with Crippen molar-refractivity contribution in [2.75, 3.05) is 19.1 Å². The maximum Gasteiger partial charge on any atom is 0.312 e. The zero-order chi connectivity index (χ0) is 20.0. The molecule has 2 bridgehead atoms. The second-order valence-corrected chi connectivity index (χ2v) is 7.19. The van der Waals surface area contributed by atoms with Gasteiger partial charge < -0.3 is 14.4 Å². The Labute approximate surface area is 163 Å². The van der Waals surface area contributed by atoms with Crippen LogP contribution in [0.15, 0.2) is 48.5 Å². The Balaban J connectivity index is 1.99. The van der Waals surface area contributed by atoms with E-state index in [2.05, 4.69) is 0 Å². The molecule has 0 unspecified atom stereocenters. The summed E-state index contributed by atoms with van der Waals surface area (Å²) in [5.41, 5.74) is 3.08. The average molecular weight is 379 g/mol. The molecule has 2 aliphatic rings. The van der Waals surface area contributed by atoms with Gasteiger partial charge >= 0.3 is 11.9 Å². The SMILES string of the molecule is COC(=O)[C@H]1[C@H](C(=O)OC)[C@H]2c3ccccc3C(=O)[C@H]1N2c1cccc(C)c1. The number of anilines is 1. The topological polar surface area (TPSA) is 72.9 Å². The minimum Gasteiger partial charge on any atom is -0.469 e. The number of Topliss-reactive ketones (excluding diaryl/α,β-unsaturated/α-hetero) is 1. The fourth-order valence-electron chi connectivity index (χ4n) is 4.62. The third-order valence-electron chi connectivity index (χ3n) is 5.73. The van der Waals surface area contributed by atoms with E-state index in [9.17, 15) is 14.4 Å². The number of aryl methyl sites for hydroxylation is 1. The van der Waals surface area contributed by atoms with Gasteiger partial charge in [-0.1, -0.05) is 36.4 Å². The molecule has 2 aromatic rings. The van der Waals surface area contributed by atoms with Crippen LogP contribution in [0.3, 0.4) is 0 Å². The van der Waals surface area contributed by atoms with E-state index in [0.29, 0.717) is 5.56 Å². The average Bonchev–Trinajstić information content (AvgIpc) is 3.02. The van der Waals surface area contributed by atoms with E-state index in [1.54, 1.807) is 12.1 Å². The maximum atomic E-state index is 13.4. The Kier molecular flexibility index (Phi) is 4.41. The zero-order valence-corrected chi connectivity index (χ0v) is 15.9. The lowest BCUT2D eigenvalue weighted by molar-refractivity contribution is -0.156. The highest BCUT2D eigenvalue weighted by molar-refractivity contribution is 6.10. The quantitative estimate of drug-likeness (QED) is 0.764. The number of benzene rings is 2. The van der Waals surface area contributed by atoms with E-state index in [4.69, 9.17) is 9.47 Å². The van der Waals surface area contributed by atoms with Gasteiger partial charge in [-0.3, -0.25) is 14.4 Å². The first-order valence-electron chi connectivity index (χ1n) is 9.13. The first-order valence-corrected chi connectivity index (χ1v) is 9.13. The van der Waals surface area contributed by atoms with Crippen molar-refractivity contribution in [3.05, 3.63) is 65.2 Å². The second-order valence-electron chi connectivity index (χ2n) is 7.19. The number of nitrogens with zero attached hydrogens (tertiary/aromatic N) is 1. The molecule has 6 nitrogen and oxygen atoms in total. The molecule has 0 aliphatic carbocycles. The lowest BCUT2D eigenvalue weighted by Crippen LogP contribution is -2.46. The smallest absolute Gasteiger partial charge is 0.312 e. The number of hydrogen-bond acceptors (Lipinski definition) is 6. The Morgan fingerprint density at radius 2 is 1.54 bits per heavy atom. The largest absolute Gasteiger partial charge is 0.469 e. The molecule has 0 saturated carbocycles. The highest BCUT2D eigenvalue weighted by atomic mass is 16.5. The number of ketones is 1. The van der Waals surface area contributed by atoms with Crippen molar-refractivity contribution in [2.24, 2.45) is 11.8 Å². The van der Waals surface area contributed by atoms with Crippen LogP contribution in [0.2, 0.25) is 0 Å². The van der Waals surface area contributed by atoms with Crippen LogP contribution in [0.25, 0.3) is 0 Å². The van der Waals surface area contributed by atoms with E-state index in [-0.39, 0.29) is 5.78 Å². The predicted molar refractivity (Wildman–Crippen MR) is 102 cm³/mol. The molecule has 0 aromatic heterocycles. The maximum absolute atomic E-state index is 13.4. The van der Waals surface area contributed by atoms with Gasteiger partial charge in [-0.25, -0.2) is 0 Å². The van der Waals surface area contributed by atoms with E-state index in [0.717, 1.165) is 16.8 Å². The van der Waals surface area contributed by atoms with Gasteiger partial charge in [-0.2, -0.15) is 0 Å². The summed E-state index contributed by atoms with van der Waals surface area (Å²) in [7, 11) is 2.57. The molecule has 2 aromatic carbocycles. The van der Waals surface area contributed by atoms with Gasteiger partial charge in [0.2, 0.25) is 0 Å². The van der Waals surface area contributed by atoms with Crippen molar-refractivity contribution in [1.82, 2.24) is 0 Å². The van der Waals surface area contributed by atoms with Gasteiger partial charge in [0.1, 0.15) is 12.0 Å². The van der Waals surface area contributed by atoms with Crippen molar-refractivity contribution in [2.45, 2.75) is 19.0 Å². The summed E-state index contributed by atoms with van der Waals surface area (Å²) in [5, 5.41) is 0. The predicted octanol–water partition coefficient (Wildman–Crippen LogP) is 2.70. The Morgan fingerprint density at radius 3 is 2.18 bits per heavy atom. The van der Waals surface area contributed by atoms with Crippen LogP contribution in [-0.2, 0) is 19.1 Å². The number of ether oxygens (including phenoxy) is 2. The second kappa shape index (κ2) is 6.78. The van der Waals surface area contributed by atoms with Crippen molar-refractivity contribution in [3.8, 4) is 0 Å². The minimum absolute atomic E-state index is 0.185. The van der Waals surface area contributed by atoms with E-state index >= 15 is 0 Å². The fourth-order valence-corrected chi connectivity index (χ4v) is 4.62. The first-order chi connectivity index (χ1) is 13.5. The summed E-state index contributed by atoms with van der Waals surface area (Å²) in [6.45, 7) is 1.96. The summed E-state index contributed by atoms with van der Waals surface area (Å²) in [5.74, 6) is -3.07. The molecule has 0 N–H and O–H groups in total. The third-order valence-corrected chi connectivity index (χ3v) is 5.73. The van der Waals surface area contributed by atoms with Crippen LogP contribution in [0.1, 0.15) is 27.5 Å². The van der Waals surface area contributed by atoms with Gasteiger partial charge in [0.15, 0.2) is 5.78 Å². The molecule has 28 heavy (non-hydrogen) atoms. The number of methoxy groups -OCH3 is 2. The van der Waals surface area contributed by atoms with Crippen molar-refractivity contribution in [1.29, 1.82) is 0 Å². The van der Waals surface area contributed by atoms with Crippen LogP contribution in [0.5, 0.6) is 0 Å². The third kappa shape index (κ3) is 2.52. The van der Waals surface area contributed by atoms with Crippen LogP contribution < -0.4 is 4.90 Å². The van der Waals surface area contributed by atoms with E-state index in [1.807, 2.05) is 48.2 Å². The van der Waals surface area contributed by atoms with Crippen molar-refractivity contribution in [3.63, 3.8) is 0 Å². The number of carbonyl (C=O) groups excluding carboxylic acids is 3. The fraction of sp³-hybridized carbons (Fsp3) is 0.318. The highest BCUT2D eigenvalue weighted by Gasteiger charge is 2.62. The molecular weight excluding hydrogens is 358 g/mol. The van der Waals surface area contributed by atoms with Crippen LogP contribution in [0.4, 0.5) is 5.69 Å². The van der Waals surface area contributed by atoms with Gasteiger partial charge in [0.05, 0.1) is 26.2 Å². The standard InChI is InChI=1S/C22H21NO5/c1-12-7-6-8-13(11-12)23-18-14-9-4-5-10-15(14)20(24)19(23)17(22(26)28-3)16(18)21(25)27-2/h4-11,16-19H,1-3H3/t16-,17-,18+,19-/m0/s1. The summed E-state index contributed by atoms with van der Waals surface area (Å²) in [4.78, 5) is 40.8. The Hall–Kier alpha value is -3.15. The number of fused-ring (bicyclic) bond motifs is 4. The first kappa shape index (κ1) is 18.2. The number of rotatable bonds is 3. The minimum atomic E-state index is -0.942. The zero-order valence-electron chi connectivity index (χ0n) is 15.9. The molecule has 6 heteroatoms. The lowest BCUT2D eigenvalue weighted by Gasteiger charge is -2.38. The molecule has 2 aliphatic heterocycles. The molecular formula is C22H21NO5. The number of hydrogen-bond donors (Lipinski definition) is 0. The van der Waals surface area contributed by atoms with Crippen LogP contribution >= 0.6 is 0 Å². The van der Waals surface area contributed by atoms with Gasteiger partial charge in [-0.15, -0.1) is 0 Å². The molecule has 0 amide bonds. The summed E-state index contributed by atoms with van der Waals surface area (Å²) >= 11 is 0. The summed E-state index contributed by atoms with van der Waals surface area (Å²) in [6.07, 6.45) is 0. The molecule has 0 spiro atoms. The Bertz CT molecular complexity index is 969. The summed E-state index contributed by atoms with van der Waals surface area (Å²) < 4.78 is 10.0. The molecule has 0 radical (unpaired) electrons. The van der Waals surface area contributed by atoms with Crippen LogP contribution in [0, 0.1) is 18.8 Å². The number of esters is 2. The molecule has 2 heterocycles. The normalized spacial score (nSPS) is 25.2. The molecule has 4 rings (SSSR count). The van der Waals surface area contributed by atoms with Gasteiger partial charge in [0, 0.05) is 11.3 Å². The molecule has 4 atom stereocenters. The molecule has 144 valence electrons. The Morgan fingerprint density at radius 1 is 0.893 bits per heavy atom. The van der Waals surface area contributed by atoms with Gasteiger partial charge in [0.25, 0.3) is 0 Å². The lowest BCUT2D eigenvalue weighted by atomic mass is 9.86. The highest BCUT2D eigenvalue weighted by Crippen LogP contribution is 2.53.